The van der Waals surface area contributed by atoms with Gasteiger partial charge in [0.2, 0.25) is 0 Å². The summed E-state index contributed by atoms with van der Waals surface area (Å²) in [5.74, 6) is 1.07. The van der Waals surface area contributed by atoms with Gasteiger partial charge in [-0.2, -0.15) is 0 Å². The highest BCUT2D eigenvalue weighted by molar-refractivity contribution is 5.29. The van der Waals surface area contributed by atoms with Crippen LogP contribution in [0.3, 0.4) is 0 Å². The second-order valence-corrected chi connectivity index (χ2v) is 7.48. The number of methoxy groups -OCH3 is 1. The van der Waals surface area contributed by atoms with Gasteiger partial charge >= 0.3 is 0 Å². The molecular weight excluding hydrogens is 322 g/mol. The molecule has 3 rings (SSSR count). The van der Waals surface area contributed by atoms with Gasteiger partial charge in [-0.1, -0.05) is 42.5 Å². The fourth-order valence-electron chi connectivity index (χ4n) is 4.12. The molecule has 0 spiro atoms. The minimum absolute atomic E-state index is 0.0322. The van der Waals surface area contributed by atoms with Crippen LogP contribution in [0.25, 0.3) is 0 Å². The van der Waals surface area contributed by atoms with E-state index in [1.165, 1.54) is 24.8 Å². The molecule has 0 saturated carbocycles. The van der Waals surface area contributed by atoms with Crippen LogP contribution in [0.15, 0.2) is 60.2 Å². The molecule has 0 aromatic heterocycles. The van der Waals surface area contributed by atoms with Crippen molar-refractivity contribution in [1.29, 1.82) is 0 Å². The number of aromatic hydroxyl groups is 1. The molecule has 0 radical (unpaired) electrons. The average Bonchev–Trinajstić information content (AvgIpc) is 2.93. The minimum atomic E-state index is 0.0322. The minimum Gasteiger partial charge on any atom is -0.508 e. The summed E-state index contributed by atoms with van der Waals surface area (Å²) >= 11 is 0. The molecule has 1 fully saturated rings. The summed E-state index contributed by atoms with van der Waals surface area (Å²) in [5, 5.41) is 9.52. The van der Waals surface area contributed by atoms with Crippen LogP contribution in [-0.4, -0.2) is 36.2 Å². The van der Waals surface area contributed by atoms with Crippen LogP contribution in [0.1, 0.15) is 44.3 Å². The Morgan fingerprint density at radius 3 is 2.58 bits per heavy atom. The number of phenolic OH excluding ortho intramolecular Hbond substituents is 1. The van der Waals surface area contributed by atoms with Gasteiger partial charge in [0.1, 0.15) is 5.75 Å². The molecule has 2 unspecified atom stereocenters. The van der Waals surface area contributed by atoms with Gasteiger partial charge in [-0.05, 0) is 74.9 Å². The number of piperidine rings is 1. The van der Waals surface area contributed by atoms with Crippen molar-refractivity contribution in [3.63, 3.8) is 0 Å². The van der Waals surface area contributed by atoms with E-state index in [1.807, 2.05) is 12.1 Å². The second kappa shape index (κ2) is 9.20. The maximum Gasteiger partial charge on any atom is 0.115 e. The number of benzene rings is 1. The predicted molar refractivity (Wildman–Crippen MR) is 107 cm³/mol. The molecule has 0 amide bonds. The zero-order valence-corrected chi connectivity index (χ0v) is 16.0. The van der Waals surface area contributed by atoms with Crippen molar-refractivity contribution < 1.29 is 9.84 Å². The van der Waals surface area contributed by atoms with Gasteiger partial charge in [-0.3, -0.25) is 4.90 Å². The van der Waals surface area contributed by atoms with E-state index in [9.17, 15) is 5.11 Å². The first-order chi connectivity index (χ1) is 12.7. The molecular formula is C23H31NO2. The van der Waals surface area contributed by atoms with Crippen molar-refractivity contribution in [2.24, 2.45) is 5.92 Å². The van der Waals surface area contributed by atoms with E-state index in [0.29, 0.717) is 11.8 Å². The highest BCUT2D eigenvalue weighted by atomic mass is 16.5. The van der Waals surface area contributed by atoms with E-state index in [0.717, 1.165) is 31.0 Å². The van der Waals surface area contributed by atoms with E-state index < -0.39 is 0 Å². The molecule has 1 N–H and O–H groups in total. The summed E-state index contributed by atoms with van der Waals surface area (Å²) in [6.07, 6.45) is 16.0. The Labute approximate surface area is 157 Å². The van der Waals surface area contributed by atoms with Gasteiger partial charge in [0.05, 0.1) is 6.10 Å². The third-order valence-corrected chi connectivity index (χ3v) is 5.71. The number of allylic oxidation sites excluding steroid dienone is 6. The van der Waals surface area contributed by atoms with Crippen LogP contribution >= 0.6 is 0 Å². The van der Waals surface area contributed by atoms with Crippen molar-refractivity contribution >= 4 is 0 Å². The molecule has 2 atom stereocenters. The molecule has 1 aromatic rings. The topological polar surface area (TPSA) is 32.7 Å². The Morgan fingerprint density at radius 1 is 1.15 bits per heavy atom. The lowest BCUT2D eigenvalue weighted by molar-refractivity contribution is 0.00677. The molecule has 1 aliphatic heterocycles. The number of ether oxygens (including phenoxy) is 1. The zero-order valence-electron chi connectivity index (χ0n) is 16.0. The summed E-state index contributed by atoms with van der Waals surface area (Å²) < 4.78 is 5.80. The van der Waals surface area contributed by atoms with Crippen LogP contribution in [0.4, 0.5) is 0 Å². The fourth-order valence-corrected chi connectivity index (χ4v) is 4.12. The van der Waals surface area contributed by atoms with E-state index >= 15 is 0 Å². The number of hydrogen-bond donors (Lipinski definition) is 1. The van der Waals surface area contributed by atoms with Crippen molar-refractivity contribution in [3.05, 3.63) is 65.8 Å². The normalized spacial score (nSPS) is 21.2. The van der Waals surface area contributed by atoms with Gasteiger partial charge in [0, 0.05) is 13.2 Å². The first-order valence-electron chi connectivity index (χ1n) is 9.75. The van der Waals surface area contributed by atoms with Crippen LogP contribution in [-0.2, 0) is 4.74 Å². The smallest absolute Gasteiger partial charge is 0.115 e. The van der Waals surface area contributed by atoms with Crippen molar-refractivity contribution in [2.45, 2.75) is 44.8 Å². The van der Waals surface area contributed by atoms with Crippen LogP contribution in [0, 0.1) is 5.92 Å². The van der Waals surface area contributed by atoms with Crippen molar-refractivity contribution in [3.8, 4) is 5.75 Å². The van der Waals surface area contributed by atoms with E-state index in [2.05, 4.69) is 42.2 Å². The standard InChI is InChI=1S/C23H31NO2/c1-18(23(26-2)21-9-11-22(25)12-10-21)24-15-13-20(14-16-24)17-19-7-5-3-4-6-8-19/h3,5-12,18,20,23,25H,4,13-17H2,1-2H3. The average molecular weight is 354 g/mol. The summed E-state index contributed by atoms with van der Waals surface area (Å²) in [4.78, 5) is 2.55. The SMILES string of the molecule is COC(c1ccc(O)cc1)C(C)N1CCC(CC2=CC=CCC=C2)CC1. The van der Waals surface area contributed by atoms with Crippen molar-refractivity contribution in [2.75, 3.05) is 20.2 Å². The predicted octanol–water partition coefficient (Wildman–Crippen LogP) is 5.01. The third-order valence-electron chi connectivity index (χ3n) is 5.71. The van der Waals surface area contributed by atoms with Crippen LogP contribution in [0.2, 0.25) is 0 Å². The maximum atomic E-state index is 9.52. The number of phenols is 1. The monoisotopic (exact) mass is 353 g/mol. The lowest BCUT2D eigenvalue weighted by Crippen LogP contribution is -2.43. The summed E-state index contributed by atoms with van der Waals surface area (Å²) in [6.45, 7) is 4.50. The maximum absolute atomic E-state index is 9.52. The molecule has 0 bridgehead atoms. The quantitative estimate of drug-likeness (QED) is 0.780. The lowest BCUT2D eigenvalue weighted by atomic mass is 9.88. The van der Waals surface area contributed by atoms with E-state index in [1.54, 1.807) is 19.2 Å². The Morgan fingerprint density at radius 2 is 1.88 bits per heavy atom. The molecule has 2 aliphatic rings. The molecule has 3 nitrogen and oxygen atoms in total. The van der Waals surface area contributed by atoms with Crippen LogP contribution < -0.4 is 0 Å². The van der Waals surface area contributed by atoms with Gasteiger partial charge < -0.3 is 9.84 Å². The summed E-state index contributed by atoms with van der Waals surface area (Å²) in [7, 11) is 1.78. The Bertz CT molecular complexity index is 651. The molecule has 1 aliphatic carbocycles. The number of rotatable bonds is 6. The molecule has 3 heteroatoms. The van der Waals surface area contributed by atoms with E-state index in [-0.39, 0.29) is 6.10 Å². The van der Waals surface area contributed by atoms with Gasteiger partial charge in [0.15, 0.2) is 0 Å². The molecule has 1 heterocycles. The van der Waals surface area contributed by atoms with Gasteiger partial charge in [-0.15, -0.1) is 0 Å². The van der Waals surface area contributed by atoms with Gasteiger partial charge in [-0.25, -0.2) is 0 Å². The van der Waals surface area contributed by atoms with E-state index in [4.69, 9.17) is 4.74 Å². The number of hydrogen-bond acceptors (Lipinski definition) is 3. The number of nitrogens with zero attached hydrogens (tertiary/aromatic N) is 1. The summed E-state index contributed by atoms with van der Waals surface area (Å²) in [5.41, 5.74) is 2.59. The highest BCUT2D eigenvalue weighted by Gasteiger charge is 2.28. The fraction of sp³-hybridized carbons (Fsp3) is 0.478. The Kier molecular flexibility index (Phi) is 6.70. The third kappa shape index (κ3) is 4.87. The van der Waals surface area contributed by atoms with Crippen LogP contribution in [0.5, 0.6) is 5.75 Å². The Hall–Kier alpha value is -1.84. The first-order valence-corrected chi connectivity index (χ1v) is 9.75. The molecule has 1 saturated heterocycles. The zero-order chi connectivity index (χ0) is 18.4. The molecule has 26 heavy (non-hydrogen) atoms. The molecule has 140 valence electrons. The lowest BCUT2D eigenvalue weighted by Gasteiger charge is -2.39. The Balaban J connectivity index is 1.55. The van der Waals surface area contributed by atoms with Gasteiger partial charge in [0.25, 0.3) is 0 Å². The largest absolute Gasteiger partial charge is 0.508 e. The second-order valence-electron chi connectivity index (χ2n) is 7.48. The number of likely N-dealkylation sites (tertiary alicyclic amines) is 1. The first kappa shape index (κ1) is 18.9. The summed E-state index contributed by atoms with van der Waals surface area (Å²) in [6, 6.07) is 7.73. The van der Waals surface area contributed by atoms with Crippen molar-refractivity contribution in [1.82, 2.24) is 4.90 Å². The highest BCUT2D eigenvalue weighted by Crippen LogP contribution is 2.31. The molecule has 1 aromatic carbocycles.